The predicted molar refractivity (Wildman–Crippen MR) is 146 cm³/mol. The van der Waals surface area contributed by atoms with Gasteiger partial charge in [0.25, 0.3) is 11.1 Å². The Kier molecular flexibility index (Phi) is 9.46. The molecule has 2 aromatic rings. The van der Waals surface area contributed by atoms with Crippen molar-refractivity contribution in [1.82, 2.24) is 5.32 Å². The Hall–Kier alpha value is -3.49. The number of nitrogens with one attached hydrogen (secondary N) is 2. The zero-order valence-corrected chi connectivity index (χ0v) is 23.3. The Balaban J connectivity index is 1.72. The third kappa shape index (κ3) is 6.68. The van der Waals surface area contributed by atoms with E-state index in [-0.39, 0.29) is 30.1 Å². The summed E-state index contributed by atoms with van der Waals surface area (Å²) in [6, 6.07) is 11.0. The molecule has 2 aromatic carbocycles. The number of thioether (sulfide) groups is 1. The number of methoxy groups -OCH3 is 1. The number of anilines is 1. The summed E-state index contributed by atoms with van der Waals surface area (Å²) in [5, 5.41) is 4.09. The molecule has 202 valence electrons. The number of benzene rings is 2. The smallest absolute Gasteiger partial charge is 0.411 e. The SMILES string of the molecule is COc1ccc(S(=O)(=O)C2(CCCC#Cc3cc(NC(=O)OCC(C)C)ccc3C)SC(=O)NC2=O)cc1. The maximum atomic E-state index is 13.5. The van der Waals surface area contributed by atoms with Crippen LogP contribution < -0.4 is 15.4 Å². The highest BCUT2D eigenvalue weighted by atomic mass is 32.3. The van der Waals surface area contributed by atoms with Crippen molar-refractivity contribution in [3.63, 3.8) is 0 Å². The molecular formula is C27H30N2O7S2. The number of unbranched alkanes of at least 4 members (excludes halogenated alkanes) is 1. The van der Waals surface area contributed by atoms with Gasteiger partial charge in [0.15, 0.2) is 0 Å². The van der Waals surface area contributed by atoms with Gasteiger partial charge in [-0.3, -0.25) is 20.2 Å². The molecule has 1 aliphatic heterocycles. The van der Waals surface area contributed by atoms with E-state index in [0.29, 0.717) is 35.4 Å². The number of rotatable bonds is 9. The van der Waals surface area contributed by atoms with Gasteiger partial charge in [0.2, 0.25) is 13.9 Å². The number of amides is 3. The molecule has 1 saturated heterocycles. The summed E-state index contributed by atoms with van der Waals surface area (Å²) in [4.78, 5) is 36.6. The maximum Gasteiger partial charge on any atom is 0.411 e. The molecule has 9 nitrogen and oxygen atoms in total. The van der Waals surface area contributed by atoms with Crippen molar-refractivity contribution < 1.29 is 32.3 Å². The number of sulfone groups is 1. The second kappa shape index (κ2) is 12.4. The maximum absolute atomic E-state index is 13.5. The first-order valence-electron chi connectivity index (χ1n) is 11.9. The molecular weight excluding hydrogens is 528 g/mol. The van der Waals surface area contributed by atoms with Gasteiger partial charge in [-0.25, -0.2) is 13.2 Å². The summed E-state index contributed by atoms with van der Waals surface area (Å²) in [6.07, 6.45) is -0.100. The van der Waals surface area contributed by atoms with E-state index < -0.39 is 31.2 Å². The minimum atomic E-state index is -4.21. The summed E-state index contributed by atoms with van der Waals surface area (Å²) in [6.45, 7) is 6.08. The minimum absolute atomic E-state index is 0.0754. The van der Waals surface area contributed by atoms with Crippen molar-refractivity contribution in [2.75, 3.05) is 19.0 Å². The van der Waals surface area contributed by atoms with Crippen molar-refractivity contribution >= 4 is 44.5 Å². The monoisotopic (exact) mass is 558 g/mol. The van der Waals surface area contributed by atoms with E-state index in [1.807, 2.05) is 26.8 Å². The molecule has 2 N–H and O–H groups in total. The quantitative estimate of drug-likeness (QED) is 0.329. The van der Waals surface area contributed by atoms with Crippen LogP contribution >= 0.6 is 11.8 Å². The summed E-state index contributed by atoms with van der Waals surface area (Å²) < 4.78 is 35.2. The van der Waals surface area contributed by atoms with Crippen molar-refractivity contribution in [3.8, 4) is 17.6 Å². The van der Waals surface area contributed by atoms with Crippen molar-refractivity contribution in [2.45, 2.75) is 49.0 Å². The Morgan fingerprint density at radius 3 is 2.47 bits per heavy atom. The summed E-state index contributed by atoms with van der Waals surface area (Å²) in [5.74, 6) is 5.88. The van der Waals surface area contributed by atoms with Crippen molar-refractivity contribution in [1.29, 1.82) is 0 Å². The molecule has 1 heterocycles. The number of carbonyl (C=O) groups excluding carboxylic acids is 3. The van der Waals surface area contributed by atoms with Crippen LogP contribution in [0.1, 0.15) is 44.2 Å². The van der Waals surface area contributed by atoms with Gasteiger partial charge in [0, 0.05) is 17.7 Å². The fourth-order valence-corrected chi connectivity index (χ4v) is 7.00. The van der Waals surface area contributed by atoms with E-state index in [0.717, 1.165) is 5.56 Å². The standard InChI is InChI=1S/C27H30N2O7S2/c1-18(2)17-36-25(31)28-21-10-9-19(3)20(16-21)8-6-5-7-15-27(24(30)29-26(32)37-27)38(33,34)23-13-11-22(35-4)12-14-23/h9-14,16,18H,5,7,15,17H2,1-4H3,(H,28,31)(H,29,30,32). The highest BCUT2D eigenvalue weighted by Crippen LogP contribution is 2.44. The van der Waals surface area contributed by atoms with Crippen molar-refractivity contribution in [3.05, 3.63) is 53.6 Å². The molecule has 0 aromatic heterocycles. The number of ether oxygens (including phenoxy) is 2. The van der Waals surface area contributed by atoms with Gasteiger partial charge in [0.05, 0.1) is 18.6 Å². The number of imide groups is 1. The Morgan fingerprint density at radius 2 is 1.87 bits per heavy atom. The molecule has 0 saturated carbocycles. The van der Waals surface area contributed by atoms with Crippen LogP contribution in [0.5, 0.6) is 5.75 Å². The van der Waals surface area contributed by atoms with Gasteiger partial charge in [-0.2, -0.15) is 0 Å². The second-order valence-electron chi connectivity index (χ2n) is 9.08. The Labute approximate surface area is 227 Å². The van der Waals surface area contributed by atoms with E-state index in [1.54, 1.807) is 12.1 Å². The molecule has 3 rings (SSSR count). The molecule has 11 heteroatoms. The lowest BCUT2D eigenvalue weighted by molar-refractivity contribution is -0.120. The van der Waals surface area contributed by atoms with Crippen LogP contribution in [0.15, 0.2) is 47.4 Å². The fourth-order valence-electron chi connectivity index (χ4n) is 3.63. The Bertz CT molecular complexity index is 1380. The van der Waals surface area contributed by atoms with Crippen LogP contribution in [0.25, 0.3) is 0 Å². The normalized spacial score (nSPS) is 17.0. The van der Waals surface area contributed by atoms with Crippen LogP contribution in [-0.2, 0) is 19.4 Å². The summed E-state index contributed by atoms with van der Waals surface area (Å²) >= 11 is 0.484. The molecule has 1 unspecified atom stereocenters. The topological polar surface area (TPSA) is 128 Å². The first kappa shape index (κ1) is 29.1. The number of hydrogen-bond donors (Lipinski definition) is 2. The molecule has 3 amide bonds. The zero-order valence-electron chi connectivity index (χ0n) is 21.6. The van der Waals surface area contributed by atoms with Crippen LogP contribution in [-0.4, -0.2) is 43.5 Å². The average molecular weight is 559 g/mol. The number of carbonyl (C=O) groups is 3. The van der Waals surface area contributed by atoms with Gasteiger partial charge >= 0.3 is 6.09 Å². The molecule has 0 aliphatic carbocycles. The van der Waals surface area contributed by atoms with Gasteiger partial charge in [0.1, 0.15) is 5.75 Å². The largest absolute Gasteiger partial charge is 0.497 e. The lowest BCUT2D eigenvalue weighted by Crippen LogP contribution is -2.43. The molecule has 0 spiro atoms. The number of aryl methyl sites for hydroxylation is 1. The van der Waals surface area contributed by atoms with E-state index >= 15 is 0 Å². The Morgan fingerprint density at radius 1 is 1.16 bits per heavy atom. The van der Waals surface area contributed by atoms with E-state index in [4.69, 9.17) is 9.47 Å². The zero-order chi connectivity index (χ0) is 27.9. The first-order valence-corrected chi connectivity index (χ1v) is 14.2. The molecule has 1 atom stereocenters. The summed E-state index contributed by atoms with van der Waals surface area (Å²) in [7, 11) is -2.75. The predicted octanol–water partition coefficient (Wildman–Crippen LogP) is 4.88. The van der Waals surface area contributed by atoms with Crippen LogP contribution in [0, 0.1) is 24.7 Å². The minimum Gasteiger partial charge on any atom is -0.497 e. The highest BCUT2D eigenvalue weighted by Gasteiger charge is 2.57. The van der Waals surface area contributed by atoms with Crippen LogP contribution in [0.2, 0.25) is 0 Å². The number of hydrogen-bond acceptors (Lipinski definition) is 8. The third-order valence-corrected chi connectivity index (χ3v) is 9.75. The van der Waals surface area contributed by atoms with E-state index in [9.17, 15) is 22.8 Å². The van der Waals surface area contributed by atoms with Gasteiger partial charge in [-0.1, -0.05) is 31.8 Å². The molecule has 0 bridgehead atoms. The van der Waals surface area contributed by atoms with Crippen molar-refractivity contribution in [2.24, 2.45) is 5.92 Å². The second-order valence-corrected chi connectivity index (χ2v) is 12.8. The average Bonchev–Trinajstić information content (AvgIpc) is 3.18. The van der Waals surface area contributed by atoms with Crippen LogP contribution in [0.3, 0.4) is 0 Å². The van der Waals surface area contributed by atoms with E-state index in [2.05, 4.69) is 22.5 Å². The molecule has 1 fully saturated rings. The molecule has 0 radical (unpaired) electrons. The molecule has 1 aliphatic rings. The lowest BCUT2D eigenvalue weighted by atomic mass is 10.1. The van der Waals surface area contributed by atoms with Crippen LogP contribution in [0.4, 0.5) is 15.3 Å². The first-order chi connectivity index (χ1) is 18.0. The molecule has 38 heavy (non-hydrogen) atoms. The van der Waals surface area contributed by atoms with Gasteiger partial charge < -0.3 is 9.47 Å². The van der Waals surface area contributed by atoms with E-state index in [1.165, 1.54) is 31.4 Å². The highest BCUT2D eigenvalue weighted by molar-refractivity contribution is 8.25. The van der Waals surface area contributed by atoms with Gasteiger partial charge in [-0.15, -0.1) is 0 Å². The fraction of sp³-hybridized carbons (Fsp3) is 0.370. The van der Waals surface area contributed by atoms with Gasteiger partial charge in [-0.05, 0) is 79.4 Å². The lowest BCUT2D eigenvalue weighted by Gasteiger charge is -2.24. The summed E-state index contributed by atoms with van der Waals surface area (Å²) in [5.41, 5.74) is 2.12. The third-order valence-electron chi connectivity index (χ3n) is 5.69.